The van der Waals surface area contributed by atoms with Crippen LogP contribution in [0.4, 0.5) is 0 Å². The van der Waals surface area contributed by atoms with Gasteiger partial charge >= 0.3 is 0 Å². The lowest BCUT2D eigenvalue weighted by Crippen LogP contribution is -2.29. The molecule has 6 nitrogen and oxygen atoms in total. The molecule has 0 bridgehead atoms. The van der Waals surface area contributed by atoms with E-state index in [2.05, 4.69) is 29.0 Å². The molecule has 1 aliphatic carbocycles. The number of halogens is 1. The molecular formula is C18H16ClN5O. The Morgan fingerprint density at radius 3 is 2.56 bits per heavy atom. The minimum Gasteiger partial charge on any atom is -0.294 e. The molecule has 0 atom stereocenters. The highest BCUT2D eigenvalue weighted by Gasteiger charge is 2.39. The van der Waals surface area contributed by atoms with Crippen molar-refractivity contribution >= 4 is 17.4 Å². The lowest BCUT2D eigenvalue weighted by atomic mass is 9.75. The van der Waals surface area contributed by atoms with Gasteiger partial charge in [0.05, 0.1) is 11.3 Å². The van der Waals surface area contributed by atoms with Gasteiger partial charge in [0.1, 0.15) is 5.69 Å². The van der Waals surface area contributed by atoms with Crippen molar-refractivity contribution in [1.82, 2.24) is 25.0 Å². The lowest BCUT2D eigenvalue weighted by molar-refractivity contribution is 0.0956. The summed E-state index contributed by atoms with van der Waals surface area (Å²) < 4.78 is 1.73. The van der Waals surface area contributed by atoms with Crippen LogP contribution in [0.1, 0.15) is 42.7 Å². The van der Waals surface area contributed by atoms with Crippen LogP contribution in [-0.2, 0) is 5.41 Å². The number of nitrogens with zero attached hydrogens (tertiary/aromatic N) is 5. The van der Waals surface area contributed by atoms with Crippen LogP contribution in [0.5, 0.6) is 0 Å². The minimum atomic E-state index is -0.206. The van der Waals surface area contributed by atoms with Crippen molar-refractivity contribution in [3.63, 3.8) is 0 Å². The maximum Gasteiger partial charge on any atom is 0.176 e. The number of fused-ring (bicyclic) bond motifs is 1. The van der Waals surface area contributed by atoms with E-state index in [4.69, 9.17) is 16.7 Å². The first kappa shape index (κ1) is 15.9. The van der Waals surface area contributed by atoms with E-state index in [-0.39, 0.29) is 11.2 Å². The zero-order valence-electron chi connectivity index (χ0n) is 13.9. The number of ketones is 1. The summed E-state index contributed by atoms with van der Waals surface area (Å²) in [5.74, 6) is 0.651. The molecule has 0 fully saturated rings. The molecule has 3 aromatic rings. The Morgan fingerprint density at radius 2 is 1.88 bits per heavy atom. The van der Waals surface area contributed by atoms with Gasteiger partial charge in [0, 0.05) is 29.8 Å². The average molecular weight is 354 g/mol. The van der Waals surface area contributed by atoms with Crippen molar-refractivity contribution in [3.05, 3.63) is 53.1 Å². The fraction of sp³-hybridized carbons (Fsp3) is 0.278. The zero-order chi connectivity index (χ0) is 17.6. The molecule has 4 rings (SSSR count). The number of rotatable bonds is 2. The largest absolute Gasteiger partial charge is 0.294 e. The molecule has 1 aliphatic rings. The van der Waals surface area contributed by atoms with Crippen molar-refractivity contribution < 1.29 is 4.79 Å². The van der Waals surface area contributed by atoms with E-state index in [9.17, 15) is 4.79 Å². The first-order chi connectivity index (χ1) is 12.0. The maximum atomic E-state index is 12.7. The second-order valence-electron chi connectivity index (χ2n) is 6.74. The van der Waals surface area contributed by atoms with E-state index in [0.29, 0.717) is 28.6 Å². The van der Waals surface area contributed by atoms with Gasteiger partial charge in [-0.1, -0.05) is 25.4 Å². The molecule has 0 aliphatic heterocycles. The second-order valence-corrected chi connectivity index (χ2v) is 7.13. The van der Waals surface area contributed by atoms with Gasteiger partial charge in [0.2, 0.25) is 0 Å². The normalized spacial score (nSPS) is 15.9. The van der Waals surface area contributed by atoms with E-state index < -0.39 is 0 Å². The topological polar surface area (TPSA) is 73.6 Å². The molecule has 0 unspecified atom stereocenters. The molecule has 3 heterocycles. The van der Waals surface area contributed by atoms with Gasteiger partial charge in [0.25, 0.3) is 0 Å². The van der Waals surface area contributed by atoms with Gasteiger partial charge in [-0.25, -0.2) is 4.68 Å². The Morgan fingerprint density at radius 1 is 1.12 bits per heavy atom. The summed E-state index contributed by atoms with van der Waals surface area (Å²) in [6, 6.07) is 7.14. The maximum absolute atomic E-state index is 12.7. The third-order valence-electron chi connectivity index (χ3n) is 4.57. The molecule has 0 amide bonds. The van der Waals surface area contributed by atoms with Crippen LogP contribution in [0.2, 0.25) is 5.15 Å². The summed E-state index contributed by atoms with van der Waals surface area (Å²) in [7, 11) is 0. The summed E-state index contributed by atoms with van der Waals surface area (Å²) in [6.45, 7) is 4.24. The number of hydrogen-bond donors (Lipinski definition) is 0. The highest BCUT2D eigenvalue weighted by atomic mass is 35.5. The van der Waals surface area contributed by atoms with Crippen LogP contribution in [0.15, 0.2) is 36.7 Å². The summed E-state index contributed by atoms with van der Waals surface area (Å²) in [6.07, 6.45) is 4.67. The number of aromatic nitrogens is 5. The van der Waals surface area contributed by atoms with Crippen LogP contribution in [-0.4, -0.2) is 30.7 Å². The molecule has 0 spiro atoms. The van der Waals surface area contributed by atoms with Crippen molar-refractivity contribution in [2.75, 3.05) is 0 Å². The van der Waals surface area contributed by atoms with Crippen LogP contribution in [0.25, 0.3) is 17.1 Å². The van der Waals surface area contributed by atoms with Gasteiger partial charge in [0.15, 0.2) is 16.8 Å². The van der Waals surface area contributed by atoms with Gasteiger partial charge in [-0.15, -0.1) is 10.2 Å². The molecule has 0 N–H and O–H groups in total. The number of carbonyl (C=O) groups excluding carboxylic acids is 1. The molecule has 3 aromatic heterocycles. The van der Waals surface area contributed by atoms with Crippen molar-refractivity contribution in [3.8, 4) is 17.1 Å². The Kier molecular flexibility index (Phi) is 3.65. The van der Waals surface area contributed by atoms with E-state index in [1.54, 1.807) is 29.2 Å². The van der Waals surface area contributed by atoms with E-state index in [0.717, 1.165) is 17.7 Å². The van der Waals surface area contributed by atoms with Crippen LogP contribution < -0.4 is 0 Å². The third-order valence-corrected chi connectivity index (χ3v) is 4.77. The standard InChI is InChI=1S/C18H16ClN5O/c1-18(2)8-5-12(25)15-16(11-6-9-20-10-7-11)23-24(17(15)18)14-4-3-13(19)21-22-14/h3-4,6-7,9-10H,5,8H2,1-2H3. The Hall–Kier alpha value is -2.60. The van der Waals surface area contributed by atoms with E-state index >= 15 is 0 Å². The Bertz CT molecular complexity index is 948. The number of carbonyl (C=O) groups is 1. The third kappa shape index (κ3) is 2.62. The first-order valence-corrected chi connectivity index (χ1v) is 8.42. The minimum absolute atomic E-state index is 0.106. The number of pyridine rings is 1. The lowest BCUT2D eigenvalue weighted by Gasteiger charge is -2.30. The highest BCUT2D eigenvalue weighted by Crippen LogP contribution is 2.41. The summed E-state index contributed by atoms with van der Waals surface area (Å²) in [4.78, 5) is 16.8. The predicted molar refractivity (Wildman–Crippen MR) is 94.0 cm³/mol. The highest BCUT2D eigenvalue weighted by molar-refractivity contribution is 6.29. The fourth-order valence-corrected chi connectivity index (χ4v) is 3.38. The molecular weight excluding hydrogens is 338 g/mol. The first-order valence-electron chi connectivity index (χ1n) is 8.04. The van der Waals surface area contributed by atoms with E-state index in [1.165, 1.54) is 0 Å². The molecule has 25 heavy (non-hydrogen) atoms. The van der Waals surface area contributed by atoms with Crippen LogP contribution in [0, 0.1) is 0 Å². The smallest absolute Gasteiger partial charge is 0.176 e. The van der Waals surface area contributed by atoms with E-state index in [1.807, 2.05) is 12.1 Å². The zero-order valence-corrected chi connectivity index (χ0v) is 14.7. The van der Waals surface area contributed by atoms with Crippen molar-refractivity contribution in [2.24, 2.45) is 0 Å². The summed E-state index contributed by atoms with van der Waals surface area (Å²) in [5.41, 5.74) is 2.85. The monoisotopic (exact) mass is 353 g/mol. The van der Waals surface area contributed by atoms with Crippen LogP contribution in [0.3, 0.4) is 0 Å². The van der Waals surface area contributed by atoms with Gasteiger partial charge < -0.3 is 0 Å². The molecule has 0 saturated heterocycles. The number of Topliss-reactive ketones (excluding diaryl/α,β-unsaturated/α-hetero) is 1. The van der Waals surface area contributed by atoms with Crippen molar-refractivity contribution in [1.29, 1.82) is 0 Å². The molecule has 0 radical (unpaired) electrons. The predicted octanol–water partition coefficient (Wildman–Crippen LogP) is 3.63. The Labute approximate surface area is 149 Å². The quantitative estimate of drug-likeness (QED) is 0.703. The SMILES string of the molecule is CC1(C)CCC(=O)c2c(-c3ccncc3)nn(-c3ccc(Cl)nn3)c21. The summed E-state index contributed by atoms with van der Waals surface area (Å²) >= 11 is 5.86. The summed E-state index contributed by atoms with van der Waals surface area (Å²) in [5, 5.41) is 13.1. The second kappa shape index (κ2) is 5.74. The average Bonchev–Trinajstić information content (AvgIpc) is 3.02. The Balaban J connectivity index is 2.02. The molecule has 0 aromatic carbocycles. The van der Waals surface area contributed by atoms with Crippen molar-refractivity contribution in [2.45, 2.75) is 32.1 Å². The number of hydrogen-bond acceptors (Lipinski definition) is 5. The molecule has 7 heteroatoms. The van der Waals surface area contributed by atoms with Gasteiger partial charge in [-0.05, 0) is 30.7 Å². The van der Waals surface area contributed by atoms with Gasteiger partial charge in [-0.3, -0.25) is 9.78 Å². The fourth-order valence-electron chi connectivity index (χ4n) is 3.28. The van der Waals surface area contributed by atoms with Crippen LogP contribution >= 0.6 is 11.6 Å². The molecule has 0 saturated carbocycles. The molecule has 126 valence electrons. The van der Waals surface area contributed by atoms with Gasteiger partial charge in [-0.2, -0.15) is 5.10 Å².